The molecule has 0 fully saturated rings. The van der Waals surface area contributed by atoms with E-state index in [4.69, 9.17) is 11.6 Å². The Morgan fingerprint density at radius 1 is 1.15 bits per heavy atom. The summed E-state index contributed by atoms with van der Waals surface area (Å²) in [5, 5.41) is 0.418. The Balaban J connectivity index is 2.22. The summed E-state index contributed by atoms with van der Waals surface area (Å²) in [7, 11) is 3.81. The van der Waals surface area contributed by atoms with Gasteiger partial charge in [-0.25, -0.2) is 4.39 Å². The van der Waals surface area contributed by atoms with E-state index < -0.39 is 12.0 Å². The van der Waals surface area contributed by atoms with Crippen LogP contribution in [0.4, 0.5) is 10.1 Å². The van der Waals surface area contributed by atoms with Crippen molar-refractivity contribution >= 4 is 23.1 Å². The van der Waals surface area contributed by atoms with E-state index in [9.17, 15) is 9.18 Å². The molecule has 2 aromatic carbocycles. The maximum absolute atomic E-state index is 14.2. The molecule has 0 aliphatic carbocycles. The number of rotatable bonds is 4. The Labute approximate surface area is 122 Å². The zero-order valence-electron chi connectivity index (χ0n) is 11.3. The first-order valence-electron chi connectivity index (χ1n) is 6.20. The van der Waals surface area contributed by atoms with Crippen LogP contribution in [-0.4, -0.2) is 19.9 Å². The lowest BCUT2D eigenvalue weighted by Gasteiger charge is -2.13. The molecular formula is C16H15ClFNO. The first-order valence-corrected chi connectivity index (χ1v) is 6.58. The average Bonchev–Trinajstić information content (AvgIpc) is 2.46. The Morgan fingerprint density at radius 3 is 2.35 bits per heavy atom. The molecule has 104 valence electrons. The number of Topliss-reactive ketones (excluding diaryl/α,β-unsaturated/α-hetero) is 1. The number of alkyl halides is 1. The fourth-order valence-electron chi connectivity index (χ4n) is 1.89. The second kappa shape index (κ2) is 6.06. The maximum Gasteiger partial charge on any atom is 0.201 e. The number of hydrogen-bond acceptors (Lipinski definition) is 2. The molecule has 0 bridgehead atoms. The highest BCUT2D eigenvalue weighted by Gasteiger charge is 2.21. The molecule has 1 unspecified atom stereocenters. The Morgan fingerprint density at radius 2 is 1.80 bits per heavy atom. The predicted molar refractivity (Wildman–Crippen MR) is 80.4 cm³/mol. The first kappa shape index (κ1) is 14.5. The first-order chi connectivity index (χ1) is 9.49. The molecule has 4 heteroatoms. The highest BCUT2D eigenvalue weighted by atomic mass is 35.5. The molecule has 0 spiro atoms. The zero-order chi connectivity index (χ0) is 14.7. The van der Waals surface area contributed by atoms with Crippen LogP contribution < -0.4 is 4.90 Å². The summed E-state index contributed by atoms with van der Waals surface area (Å²) in [6.07, 6.45) is -1.70. The molecule has 0 aliphatic rings. The molecular weight excluding hydrogens is 277 g/mol. The molecule has 2 aromatic rings. The molecule has 1 atom stereocenters. The van der Waals surface area contributed by atoms with Crippen LogP contribution in [0.2, 0.25) is 5.02 Å². The third kappa shape index (κ3) is 3.17. The third-order valence-corrected chi connectivity index (χ3v) is 3.27. The highest BCUT2D eigenvalue weighted by Crippen LogP contribution is 2.25. The normalized spacial score (nSPS) is 12.0. The van der Waals surface area contributed by atoms with Gasteiger partial charge in [0.05, 0.1) is 0 Å². The van der Waals surface area contributed by atoms with Crippen molar-refractivity contribution in [1.29, 1.82) is 0 Å². The van der Waals surface area contributed by atoms with E-state index >= 15 is 0 Å². The Bertz CT molecular complexity index is 610. The van der Waals surface area contributed by atoms with Gasteiger partial charge in [0.1, 0.15) is 0 Å². The van der Waals surface area contributed by atoms with E-state index in [0.717, 1.165) is 5.69 Å². The van der Waals surface area contributed by atoms with Gasteiger partial charge in [0.2, 0.25) is 5.78 Å². The van der Waals surface area contributed by atoms with Gasteiger partial charge >= 0.3 is 0 Å². The number of benzene rings is 2. The molecule has 0 heterocycles. The molecule has 0 N–H and O–H groups in total. The molecule has 20 heavy (non-hydrogen) atoms. The van der Waals surface area contributed by atoms with E-state index in [-0.39, 0.29) is 5.56 Å². The molecule has 0 aliphatic heterocycles. The minimum atomic E-state index is -1.70. The van der Waals surface area contributed by atoms with Gasteiger partial charge in [-0.3, -0.25) is 4.79 Å². The lowest BCUT2D eigenvalue weighted by molar-refractivity contribution is 0.0878. The van der Waals surface area contributed by atoms with E-state index in [2.05, 4.69) is 0 Å². The molecule has 0 aromatic heterocycles. The molecule has 0 radical (unpaired) electrons. The second-order valence-corrected chi connectivity index (χ2v) is 5.16. The van der Waals surface area contributed by atoms with Crippen molar-refractivity contribution in [1.82, 2.24) is 0 Å². The largest absolute Gasteiger partial charge is 0.378 e. The predicted octanol–water partition coefficient (Wildman–Crippen LogP) is 4.30. The topological polar surface area (TPSA) is 20.3 Å². The van der Waals surface area contributed by atoms with Crippen molar-refractivity contribution in [3.05, 3.63) is 64.7 Å². The summed E-state index contributed by atoms with van der Waals surface area (Å²) in [6.45, 7) is 0. The zero-order valence-corrected chi connectivity index (χ0v) is 12.1. The SMILES string of the molecule is CN(C)c1ccc(C(=O)C(F)c2cccc(Cl)c2)cc1. The fourth-order valence-corrected chi connectivity index (χ4v) is 2.08. The summed E-state index contributed by atoms with van der Waals surface area (Å²) in [6, 6.07) is 13.2. The van der Waals surface area contributed by atoms with E-state index in [1.165, 1.54) is 6.07 Å². The van der Waals surface area contributed by atoms with Crippen molar-refractivity contribution in [2.45, 2.75) is 6.17 Å². The van der Waals surface area contributed by atoms with Gasteiger partial charge in [-0.2, -0.15) is 0 Å². The van der Waals surface area contributed by atoms with Crippen LogP contribution in [0.5, 0.6) is 0 Å². The standard InChI is InChI=1S/C16H15ClFNO/c1-19(2)14-8-6-11(7-9-14)16(20)15(18)12-4-3-5-13(17)10-12/h3-10,15H,1-2H3. The summed E-state index contributed by atoms with van der Waals surface area (Å²) < 4.78 is 14.2. The number of anilines is 1. The van der Waals surface area contributed by atoms with Crippen LogP contribution in [-0.2, 0) is 0 Å². The van der Waals surface area contributed by atoms with Gasteiger partial charge in [-0.1, -0.05) is 23.7 Å². The monoisotopic (exact) mass is 291 g/mol. The molecule has 2 nitrogen and oxygen atoms in total. The number of halogens is 2. The van der Waals surface area contributed by atoms with Gasteiger partial charge in [0, 0.05) is 30.4 Å². The van der Waals surface area contributed by atoms with Gasteiger partial charge < -0.3 is 4.90 Å². The van der Waals surface area contributed by atoms with Crippen molar-refractivity contribution in [3.8, 4) is 0 Å². The fraction of sp³-hybridized carbons (Fsp3) is 0.188. The summed E-state index contributed by atoms with van der Waals surface area (Å²) >= 11 is 5.81. The lowest BCUT2D eigenvalue weighted by Crippen LogP contribution is -2.11. The molecule has 0 saturated carbocycles. The average molecular weight is 292 g/mol. The van der Waals surface area contributed by atoms with Crippen LogP contribution in [0.25, 0.3) is 0 Å². The molecule has 0 amide bonds. The van der Waals surface area contributed by atoms with Crippen LogP contribution in [0.3, 0.4) is 0 Å². The number of ketones is 1. The van der Waals surface area contributed by atoms with Crippen molar-refractivity contribution in [2.24, 2.45) is 0 Å². The van der Waals surface area contributed by atoms with Crippen molar-refractivity contribution < 1.29 is 9.18 Å². The van der Waals surface area contributed by atoms with Crippen LogP contribution in [0.15, 0.2) is 48.5 Å². The van der Waals surface area contributed by atoms with Gasteiger partial charge in [0.25, 0.3) is 0 Å². The molecule has 2 rings (SSSR count). The maximum atomic E-state index is 14.2. The Hall–Kier alpha value is -1.87. The van der Waals surface area contributed by atoms with Crippen LogP contribution in [0.1, 0.15) is 22.1 Å². The number of carbonyl (C=O) groups is 1. The van der Waals surface area contributed by atoms with Gasteiger partial charge in [-0.05, 0) is 42.0 Å². The second-order valence-electron chi connectivity index (χ2n) is 4.72. The van der Waals surface area contributed by atoms with E-state index in [1.807, 2.05) is 19.0 Å². The van der Waals surface area contributed by atoms with Gasteiger partial charge in [-0.15, -0.1) is 0 Å². The van der Waals surface area contributed by atoms with E-state index in [0.29, 0.717) is 10.6 Å². The molecule has 0 saturated heterocycles. The number of hydrogen-bond donors (Lipinski definition) is 0. The minimum Gasteiger partial charge on any atom is -0.378 e. The Kier molecular flexibility index (Phi) is 4.40. The van der Waals surface area contributed by atoms with Crippen LogP contribution in [0, 0.1) is 0 Å². The third-order valence-electron chi connectivity index (χ3n) is 3.04. The highest BCUT2D eigenvalue weighted by molar-refractivity contribution is 6.30. The minimum absolute atomic E-state index is 0.277. The van der Waals surface area contributed by atoms with Crippen molar-refractivity contribution in [3.63, 3.8) is 0 Å². The van der Waals surface area contributed by atoms with Gasteiger partial charge in [0.15, 0.2) is 6.17 Å². The summed E-state index contributed by atoms with van der Waals surface area (Å²) in [5.41, 5.74) is 1.59. The summed E-state index contributed by atoms with van der Waals surface area (Å²) in [4.78, 5) is 14.0. The smallest absolute Gasteiger partial charge is 0.201 e. The lowest BCUT2D eigenvalue weighted by atomic mass is 10.0. The summed E-state index contributed by atoms with van der Waals surface area (Å²) in [5.74, 6) is -0.558. The number of nitrogens with zero attached hydrogens (tertiary/aromatic N) is 1. The van der Waals surface area contributed by atoms with Crippen molar-refractivity contribution in [2.75, 3.05) is 19.0 Å². The van der Waals surface area contributed by atoms with Crippen LogP contribution >= 0.6 is 11.6 Å². The quantitative estimate of drug-likeness (QED) is 0.783. The number of carbonyl (C=O) groups excluding carboxylic acids is 1. The van der Waals surface area contributed by atoms with E-state index in [1.54, 1.807) is 42.5 Å².